The summed E-state index contributed by atoms with van der Waals surface area (Å²) in [4.78, 5) is 32.1. The van der Waals surface area contributed by atoms with Gasteiger partial charge in [0.2, 0.25) is 0 Å². The second-order valence-corrected chi connectivity index (χ2v) is 9.64. The van der Waals surface area contributed by atoms with Gasteiger partial charge in [-0.2, -0.15) is 0 Å². The number of nitrogens with zero attached hydrogens (tertiary/aromatic N) is 3. The zero-order valence-electron chi connectivity index (χ0n) is 18.6. The van der Waals surface area contributed by atoms with Crippen molar-refractivity contribution in [1.82, 2.24) is 19.4 Å². The summed E-state index contributed by atoms with van der Waals surface area (Å²) in [6.45, 7) is 12.2. The van der Waals surface area contributed by atoms with Gasteiger partial charge in [0, 0.05) is 38.3 Å². The van der Waals surface area contributed by atoms with E-state index in [0.717, 1.165) is 56.5 Å². The monoisotopic (exact) mass is 414 g/mol. The van der Waals surface area contributed by atoms with Crippen molar-refractivity contribution < 1.29 is 9.53 Å². The fourth-order valence-electron chi connectivity index (χ4n) is 4.89. The van der Waals surface area contributed by atoms with Crippen LogP contribution in [0.1, 0.15) is 58.6 Å². The summed E-state index contributed by atoms with van der Waals surface area (Å²) in [5, 5.41) is 0. The minimum absolute atomic E-state index is 0.0103. The number of likely N-dealkylation sites (tertiary alicyclic amines) is 2. The largest absolute Gasteiger partial charge is 0.450 e. The average Bonchev–Trinajstić information content (AvgIpc) is 3.31. The molecule has 2 aliphatic heterocycles. The van der Waals surface area contributed by atoms with Crippen molar-refractivity contribution in [3.05, 3.63) is 34.2 Å². The third kappa shape index (κ3) is 4.00. The molecule has 1 N–H and O–H groups in total. The van der Waals surface area contributed by atoms with Gasteiger partial charge >= 0.3 is 11.8 Å². The minimum atomic E-state index is -0.199. The lowest BCUT2D eigenvalue weighted by Gasteiger charge is -2.36. The van der Waals surface area contributed by atoms with Crippen LogP contribution in [-0.4, -0.2) is 64.3 Å². The Morgan fingerprint density at radius 3 is 2.50 bits per heavy atom. The number of carbonyl (C=O) groups excluding carboxylic acids is 1. The highest BCUT2D eigenvalue weighted by Gasteiger charge is 2.34. The lowest BCUT2D eigenvalue weighted by Crippen LogP contribution is -2.44. The molecule has 7 nitrogen and oxygen atoms in total. The van der Waals surface area contributed by atoms with Crippen LogP contribution in [0.3, 0.4) is 0 Å². The molecule has 2 saturated heterocycles. The van der Waals surface area contributed by atoms with E-state index in [1.807, 2.05) is 16.4 Å². The van der Waals surface area contributed by atoms with Crippen LogP contribution in [0.2, 0.25) is 0 Å². The molecule has 1 atom stereocenters. The van der Waals surface area contributed by atoms with E-state index < -0.39 is 0 Å². The number of piperidine rings is 1. The highest BCUT2D eigenvalue weighted by Crippen LogP contribution is 2.30. The molecule has 0 spiro atoms. The molecule has 164 valence electrons. The molecule has 1 amide bonds. The second-order valence-electron chi connectivity index (χ2n) is 9.64. The Labute approximate surface area is 178 Å². The number of amides is 1. The van der Waals surface area contributed by atoms with Crippen LogP contribution in [0.15, 0.2) is 23.0 Å². The van der Waals surface area contributed by atoms with Gasteiger partial charge in [-0.25, -0.2) is 9.59 Å². The van der Waals surface area contributed by atoms with Crippen molar-refractivity contribution in [2.24, 2.45) is 0 Å². The van der Waals surface area contributed by atoms with Crippen LogP contribution < -0.4 is 5.69 Å². The van der Waals surface area contributed by atoms with Gasteiger partial charge in [-0.05, 0) is 49.3 Å². The first-order valence-electron chi connectivity index (χ1n) is 11.2. The van der Waals surface area contributed by atoms with Crippen LogP contribution in [0, 0.1) is 0 Å². The van der Waals surface area contributed by atoms with Crippen LogP contribution in [-0.2, 0) is 10.2 Å². The Hall–Kier alpha value is -2.28. The van der Waals surface area contributed by atoms with Gasteiger partial charge in [0.05, 0.1) is 17.6 Å². The molecule has 0 aliphatic carbocycles. The molecule has 1 aromatic carbocycles. The Kier molecular flexibility index (Phi) is 5.66. The first kappa shape index (κ1) is 21.0. The number of aromatic nitrogens is 2. The van der Waals surface area contributed by atoms with Crippen molar-refractivity contribution in [1.29, 1.82) is 0 Å². The zero-order valence-corrected chi connectivity index (χ0v) is 18.6. The summed E-state index contributed by atoms with van der Waals surface area (Å²) in [6, 6.07) is 6.96. The van der Waals surface area contributed by atoms with Crippen LogP contribution in [0.5, 0.6) is 0 Å². The van der Waals surface area contributed by atoms with Crippen LogP contribution in [0.25, 0.3) is 11.0 Å². The Balaban J connectivity index is 1.43. The lowest BCUT2D eigenvalue weighted by atomic mass is 9.87. The van der Waals surface area contributed by atoms with Gasteiger partial charge in [-0.1, -0.05) is 26.8 Å². The highest BCUT2D eigenvalue weighted by molar-refractivity contribution is 5.76. The van der Waals surface area contributed by atoms with Crippen molar-refractivity contribution in [3.8, 4) is 0 Å². The number of carbonyl (C=O) groups is 1. The van der Waals surface area contributed by atoms with E-state index in [9.17, 15) is 9.59 Å². The van der Waals surface area contributed by atoms with E-state index >= 15 is 0 Å². The molecule has 30 heavy (non-hydrogen) atoms. The minimum Gasteiger partial charge on any atom is -0.450 e. The van der Waals surface area contributed by atoms with Gasteiger partial charge < -0.3 is 14.6 Å². The number of benzene rings is 1. The molecule has 2 aliphatic rings. The van der Waals surface area contributed by atoms with Gasteiger partial charge in [0.15, 0.2) is 0 Å². The van der Waals surface area contributed by atoms with E-state index in [-0.39, 0.29) is 23.2 Å². The number of hydrogen-bond donors (Lipinski definition) is 1. The molecular weight excluding hydrogens is 380 g/mol. The molecule has 3 heterocycles. The summed E-state index contributed by atoms with van der Waals surface area (Å²) in [7, 11) is 0. The predicted molar refractivity (Wildman–Crippen MR) is 118 cm³/mol. The molecule has 4 rings (SSSR count). The van der Waals surface area contributed by atoms with Crippen molar-refractivity contribution in [2.45, 2.75) is 64.5 Å². The smallest absolute Gasteiger partial charge is 0.409 e. The molecule has 0 radical (unpaired) electrons. The summed E-state index contributed by atoms with van der Waals surface area (Å²) in [5.41, 5.74) is 3.20. The molecule has 2 fully saturated rings. The zero-order chi connectivity index (χ0) is 21.5. The highest BCUT2D eigenvalue weighted by atomic mass is 16.6. The van der Waals surface area contributed by atoms with Crippen molar-refractivity contribution in [2.75, 3.05) is 32.8 Å². The number of ether oxygens (including phenoxy) is 1. The van der Waals surface area contributed by atoms with Gasteiger partial charge in [0.1, 0.15) is 0 Å². The summed E-state index contributed by atoms with van der Waals surface area (Å²) < 4.78 is 7.09. The van der Waals surface area contributed by atoms with Crippen molar-refractivity contribution >= 4 is 17.1 Å². The SMILES string of the molecule is CCOC(=O)N1CC[C@H](N2CCC(n3c(=O)[nH]c4cc(C(C)(C)C)ccc43)CC2)C1. The predicted octanol–water partition coefficient (Wildman–Crippen LogP) is 3.49. The Bertz CT molecular complexity index is 963. The molecular formula is C23H34N4O3. The van der Waals surface area contributed by atoms with E-state index in [2.05, 4.69) is 48.9 Å². The van der Waals surface area contributed by atoms with E-state index in [1.54, 1.807) is 0 Å². The number of hydrogen-bond acceptors (Lipinski definition) is 4. The maximum atomic E-state index is 12.8. The number of aromatic amines is 1. The third-order valence-corrected chi connectivity index (χ3v) is 6.65. The van der Waals surface area contributed by atoms with Gasteiger partial charge in [-0.3, -0.25) is 9.47 Å². The standard InChI is InChI=1S/C23H34N4O3/c1-5-30-22(29)26-13-10-18(15-26)25-11-8-17(9-12-25)27-20-7-6-16(23(2,3)4)14-19(20)24-21(27)28/h6-7,14,17-18H,5,8-13,15H2,1-4H3,(H,24,28)/t18-/m0/s1. The third-order valence-electron chi connectivity index (χ3n) is 6.65. The number of H-pyrrole nitrogens is 1. The number of nitrogens with one attached hydrogen (secondary N) is 1. The maximum Gasteiger partial charge on any atom is 0.409 e. The molecule has 0 saturated carbocycles. The molecule has 0 unspecified atom stereocenters. The normalized spacial score (nSPS) is 21.5. The molecule has 7 heteroatoms. The average molecular weight is 415 g/mol. The number of fused-ring (bicyclic) bond motifs is 1. The van der Waals surface area contributed by atoms with Gasteiger partial charge in [-0.15, -0.1) is 0 Å². The number of imidazole rings is 1. The quantitative estimate of drug-likeness (QED) is 0.835. The van der Waals surface area contributed by atoms with E-state index in [0.29, 0.717) is 12.6 Å². The summed E-state index contributed by atoms with van der Waals surface area (Å²) in [5.74, 6) is 0. The van der Waals surface area contributed by atoms with Crippen molar-refractivity contribution in [3.63, 3.8) is 0 Å². The number of rotatable bonds is 3. The first-order chi connectivity index (χ1) is 14.3. The molecule has 0 bridgehead atoms. The molecule has 2 aromatic rings. The van der Waals surface area contributed by atoms with Gasteiger partial charge in [0.25, 0.3) is 0 Å². The first-order valence-corrected chi connectivity index (χ1v) is 11.2. The van der Waals surface area contributed by atoms with E-state index in [4.69, 9.17) is 4.74 Å². The van der Waals surface area contributed by atoms with Crippen LogP contribution in [0.4, 0.5) is 4.79 Å². The fraction of sp³-hybridized carbons (Fsp3) is 0.652. The Morgan fingerprint density at radius 1 is 1.13 bits per heavy atom. The maximum absolute atomic E-state index is 12.8. The Morgan fingerprint density at radius 2 is 1.83 bits per heavy atom. The summed E-state index contributed by atoms with van der Waals surface area (Å²) in [6.07, 6.45) is 2.69. The van der Waals surface area contributed by atoms with E-state index in [1.165, 1.54) is 5.56 Å². The summed E-state index contributed by atoms with van der Waals surface area (Å²) >= 11 is 0. The fourth-order valence-corrected chi connectivity index (χ4v) is 4.89. The molecule has 1 aromatic heterocycles. The van der Waals surface area contributed by atoms with Crippen LogP contribution >= 0.6 is 0 Å². The topological polar surface area (TPSA) is 70.6 Å². The second kappa shape index (κ2) is 8.10. The lowest BCUT2D eigenvalue weighted by molar-refractivity contribution is 0.105.